The van der Waals surface area contributed by atoms with Gasteiger partial charge in [0.2, 0.25) is 0 Å². The highest BCUT2D eigenvalue weighted by Crippen LogP contribution is 2.38. The number of aromatic hydroxyl groups is 1. The summed E-state index contributed by atoms with van der Waals surface area (Å²) in [6.07, 6.45) is 0. The molecule has 0 saturated heterocycles. The van der Waals surface area contributed by atoms with Gasteiger partial charge in [0.1, 0.15) is 10.6 Å². The Morgan fingerprint density at radius 1 is 0.931 bits per heavy atom. The highest BCUT2D eigenvalue weighted by Gasteiger charge is 2.20. The number of phenols is 1. The zero-order valence-corrected chi connectivity index (χ0v) is 16.7. The van der Waals surface area contributed by atoms with E-state index in [0.29, 0.717) is 11.1 Å². The molecule has 2 N–H and O–H groups in total. The van der Waals surface area contributed by atoms with Gasteiger partial charge in [-0.3, -0.25) is 8.74 Å². The molecule has 0 saturated carbocycles. The van der Waals surface area contributed by atoms with Crippen molar-refractivity contribution in [2.45, 2.75) is 16.7 Å². The van der Waals surface area contributed by atoms with Gasteiger partial charge in [0.05, 0.1) is 22.9 Å². The average molecular weight is 436 g/mol. The van der Waals surface area contributed by atoms with E-state index in [-0.39, 0.29) is 22.6 Å². The monoisotopic (exact) mass is 436 g/mol. The van der Waals surface area contributed by atoms with E-state index < -0.39 is 30.9 Å². The Balaban J connectivity index is 2.04. The zero-order chi connectivity index (χ0) is 21.2. The van der Waals surface area contributed by atoms with Crippen LogP contribution in [0.15, 0.2) is 74.6 Å². The van der Waals surface area contributed by atoms with E-state index in [4.69, 9.17) is 4.18 Å². The summed E-state index contributed by atoms with van der Waals surface area (Å²) in [6.45, 7) is 1.57. The van der Waals surface area contributed by atoms with Crippen molar-refractivity contribution in [3.05, 3.63) is 54.6 Å². The normalized spacial score (nSPS) is 12.6. The maximum atomic E-state index is 11.9. The summed E-state index contributed by atoms with van der Waals surface area (Å²) >= 11 is 0. The van der Waals surface area contributed by atoms with Gasteiger partial charge in [-0.05, 0) is 37.3 Å². The maximum absolute atomic E-state index is 11.9. The highest BCUT2D eigenvalue weighted by atomic mass is 32.2. The minimum absolute atomic E-state index is 0.00776. The lowest BCUT2D eigenvalue weighted by Crippen LogP contribution is -2.05. The van der Waals surface area contributed by atoms with E-state index in [1.165, 1.54) is 30.3 Å². The molecular formula is C18H16N2O7S2. The number of azo groups is 1. The fourth-order valence-electron chi connectivity index (χ4n) is 2.61. The van der Waals surface area contributed by atoms with E-state index in [2.05, 4.69) is 10.2 Å². The summed E-state index contributed by atoms with van der Waals surface area (Å²) in [5.74, 6) is -0.590. The number of nitrogens with zero attached hydrogens (tertiary/aromatic N) is 2. The number of phenolic OH excluding ortho intramolecular Hbond substituents is 1. The second-order valence-corrected chi connectivity index (χ2v) is 8.82. The maximum Gasteiger partial charge on any atom is 0.298 e. The van der Waals surface area contributed by atoms with Gasteiger partial charge >= 0.3 is 0 Å². The first-order chi connectivity index (χ1) is 13.6. The Bertz CT molecular complexity index is 1300. The van der Waals surface area contributed by atoms with Gasteiger partial charge in [0.15, 0.2) is 0 Å². The smallest absolute Gasteiger partial charge is 0.298 e. The molecule has 0 aliphatic rings. The highest BCUT2D eigenvalue weighted by molar-refractivity contribution is 7.86. The summed E-state index contributed by atoms with van der Waals surface area (Å²) in [4.78, 5) is -0.731. The molecule has 0 bridgehead atoms. The van der Waals surface area contributed by atoms with Crippen LogP contribution in [0.2, 0.25) is 0 Å². The molecule has 9 nitrogen and oxygen atoms in total. The van der Waals surface area contributed by atoms with Gasteiger partial charge in [0, 0.05) is 10.8 Å². The van der Waals surface area contributed by atoms with Crippen molar-refractivity contribution in [2.24, 2.45) is 10.2 Å². The molecule has 3 rings (SSSR count). The van der Waals surface area contributed by atoms with E-state index in [1.807, 2.05) is 0 Å². The first kappa shape index (κ1) is 20.9. The van der Waals surface area contributed by atoms with Crippen LogP contribution in [0.1, 0.15) is 6.92 Å². The van der Waals surface area contributed by atoms with Crippen molar-refractivity contribution in [2.75, 3.05) is 6.61 Å². The van der Waals surface area contributed by atoms with Crippen molar-refractivity contribution in [3.8, 4) is 5.75 Å². The zero-order valence-electron chi connectivity index (χ0n) is 15.0. The minimum Gasteiger partial charge on any atom is -0.506 e. The van der Waals surface area contributed by atoms with Crippen LogP contribution in [0.4, 0.5) is 11.4 Å². The molecule has 0 unspecified atom stereocenters. The third-order valence-corrected chi connectivity index (χ3v) is 6.17. The van der Waals surface area contributed by atoms with Gasteiger partial charge < -0.3 is 5.11 Å². The Kier molecular flexibility index (Phi) is 5.66. The van der Waals surface area contributed by atoms with Crippen molar-refractivity contribution < 1.29 is 30.7 Å². The molecule has 0 aliphatic heterocycles. The lowest BCUT2D eigenvalue weighted by Gasteiger charge is -2.08. The van der Waals surface area contributed by atoms with Crippen LogP contribution in [0.5, 0.6) is 5.75 Å². The number of fused-ring (bicyclic) bond motifs is 1. The third-order valence-electron chi connectivity index (χ3n) is 3.91. The summed E-state index contributed by atoms with van der Waals surface area (Å²) in [5, 5.41) is 18.7. The van der Waals surface area contributed by atoms with Crippen molar-refractivity contribution in [1.29, 1.82) is 0 Å². The van der Waals surface area contributed by atoms with E-state index in [1.54, 1.807) is 25.1 Å². The SMILES string of the molecule is CCOS(=O)(=O)c1ccc(N=Nc2cc(S(=O)(=O)O)c(O)c3ccccc23)cc1. The molecule has 3 aromatic carbocycles. The summed E-state index contributed by atoms with van der Waals surface area (Å²) in [6, 6.07) is 12.8. The Morgan fingerprint density at radius 2 is 1.55 bits per heavy atom. The fraction of sp³-hybridized carbons (Fsp3) is 0.111. The third kappa shape index (κ3) is 4.43. The van der Waals surface area contributed by atoms with E-state index in [9.17, 15) is 26.5 Å². The summed E-state index contributed by atoms with van der Waals surface area (Å²) < 4.78 is 60.9. The van der Waals surface area contributed by atoms with Crippen LogP contribution in [0, 0.1) is 0 Å². The molecule has 0 atom stereocenters. The fourth-order valence-corrected chi connectivity index (χ4v) is 4.14. The van der Waals surface area contributed by atoms with Crippen LogP contribution in [0.3, 0.4) is 0 Å². The van der Waals surface area contributed by atoms with Crippen LogP contribution in [-0.4, -0.2) is 33.1 Å². The second kappa shape index (κ2) is 7.87. The first-order valence-corrected chi connectivity index (χ1v) is 11.1. The van der Waals surface area contributed by atoms with Crippen LogP contribution >= 0.6 is 0 Å². The number of hydrogen-bond donors (Lipinski definition) is 2. The lowest BCUT2D eigenvalue weighted by molar-refractivity contribution is 0.338. The molecule has 29 heavy (non-hydrogen) atoms. The minimum atomic E-state index is -4.69. The Labute approximate surface area is 167 Å². The topological polar surface area (TPSA) is 143 Å². The molecule has 0 radical (unpaired) electrons. The molecule has 0 aliphatic carbocycles. The molecule has 0 spiro atoms. The lowest BCUT2D eigenvalue weighted by atomic mass is 10.1. The largest absolute Gasteiger partial charge is 0.506 e. The van der Waals surface area contributed by atoms with Gasteiger partial charge in [-0.2, -0.15) is 21.9 Å². The molecule has 11 heteroatoms. The molecule has 0 amide bonds. The molecular weight excluding hydrogens is 420 g/mol. The number of rotatable bonds is 6. The van der Waals surface area contributed by atoms with E-state index >= 15 is 0 Å². The van der Waals surface area contributed by atoms with Crippen molar-refractivity contribution >= 4 is 42.4 Å². The standard InChI is InChI=1S/C18H16N2O7S2/c1-2-27-29(25,26)13-9-7-12(8-10-13)19-20-16-11-17(28(22,23)24)18(21)15-6-4-3-5-14(15)16/h3-11,21H,2H2,1H3,(H,22,23,24). The predicted octanol–water partition coefficient (Wildman–Crippen LogP) is 3.93. The molecule has 0 fully saturated rings. The average Bonchev–Trinajstić information content (AvgIpc) is 2.67. The van der Waals surface area contributed by atoms with Crippen LogP contribution < -0.4 is 0 Å². The number of hydrogen-bond acceptors (Lipinski definition) is 8. The van der Waals surface area contributed by atoms with Gasteiger partial charge in [0.25, 0.3) is 20.2 Å². The molecule has 0 aromatic heterocycles. The Hall–Kier alpha value is -2.86. The Morgan fingerprint density at radius 3 is 2.14 bits per heavy atom. The van der Waals surface area contributed by atoms with Gasteiger partial charge in [-0.15, -0.1) is 5.11 Å². The van der Waals surface area contributed by atoms with Crippen LogP contribution in [0.25, 0.3) is 10.8 Å². The summed E-state index contributed by atoms with van der Waals surface area (Å²) in [7, 11) is -8.53. The second-order valence-electron chi connectivity index (χ2n) is 5.82. The van der Waals surface area contributed by atoms with Gasteiger partial charge in [-0.25, -0.2) is 0 Å². The quantitative estimate of drug-likeness (QED) is 0.338. The first-order valence-electron chi connectivity index (χ1n) is 8.27. The van der Waals surface area contributed by atoms with E-state index in [0.717, 1.165) is 6.07 Å². The van der Waals surface area contributed by atoms with Crippen molar-refractivity contribution in [3.63, 3.8) is 0 Å². The number of benzene rings is 3. The van der Waals surface area contributed by atoms with Gasteiger partial charge in [-0.1, -0.05) is 24.3 Å². The molecule has 3 aromatic rings. The molecule has 0 heterocycles. The predicted molar refractivity (Wildman–Crippen MR) is 105 cm³/mol. The van der Waals surface area contributed by atoms with Crippen LogP contribution in [-0.2, 0) is 24.4 Å². The summed E-state index contributed by atoms with van der Waals surface area (Å²) in [5.41, 5.74) is 0.392. The molecule has 152 valence electrons. The van der Waals surface area contributed by atoms with Crippen molar-refractivity contribution in [1.82, 2.24) is 0 Å².